The molecule has 0 aliphatic rings. The molecule has 0 spiro atoms. The van der Waals surface area contributed by atoms with Crippen molar-refractivity contribution in [3.63, 3.8) is 0 Å². The minimum absolute atomic E-state index is 0.0752. The summed E-state index contributed by atoms with van der Waals surface area (Å²) in [6, 6.07) is 0. The Labute approximate surface area is 97.8 Å². The third-order valence-corrected chi connectivity index (χ3v) is 2.33. The van der Waals surface area contributed by atoms with Gasteiger partial charge < -0.3 is 5.73 Å². The van der Waals surface area contributed by atoms with Crippen LogP contribution < -0.4 is 5.73 Å². The van der Waals surface area contributed by atoms with Gasteiger partial charge in [0.25, 0.3) is 6.43 Å². The molecule has 1 aromatic heterocycles. The van der Waals surface area contributed by atoms with Crippen molar-refractivity contribution in [3.8, 4) is 0 Å². The summed E-state index contributed by atoms with van der Waals surface area (Å²) in [5.41, 5.74) is 4.94. The molecule has 0 bridgehead atoms. The van der Waals surface area contributed by atoms with Crippen molar-refractivity contribution in [2.45, 2.75) is 33.2 Å². The molecule has 0 amide bonds. The van der Waals surface area contributed by atoms with Crippen molar-refractivity contribution in [2.24, 2.45) is 11.7 Å². The van der Waals surface area contributed by atoms with Crippen LogP contribution in [0.15, 0.2) is 0 Å². The number of halogens is 2. The number of aryl methyl sites for hydroxylation is 1. The average Bonchev–Trinajstić information content (AvgIpc) is 2.57. The minimum Gasteiger partial charge on any atom is -0.388 e. The van der Waals surface area contributed by atoms with Gasteiger partial charge in [-0.2, -0.15) is 0 Å². The molecule has 16 heavy (non-hydrogen) atoms. The number of alkyl halides is 2. The van der Waals surface area contributed by atoms with Gasteiger partial charge in [-0.3, -0.25) is 0 Å². The van der Waals surface area contributed by atoms with Gasteiger partial charge in [-0.15, -0.1) is 5.10 Å². The average molecular weight is 248 g/mol. The first-order valence-corrected chi connectivity index (χ1v) is 5.35. The Kier molecular flexibility index (Phi) is 4.28. The molecule has 0 aliphatic carbocycles. The monoisotopic (exact) mass is 248 g/mol. The summed E-state index contributed by atoms with van der Waals surface area (Å²) in [6.45, 7) is 4.41. The van der Waals surface area contributed by atoms with E-state index >= 15 is 0 Å². The van der Waals surface area contributed by atoms with E-state index in [1.807, 2.05) is 13.8 Å². The van der Waals surface area contributed by atoms with Gasteiger partial charge in [-0.25, -0.2) is 13.5 Å². The summed E-state index contributed by atoms with van der Waals surface area (Å²) in [7, 11) is 0. The van der Waals surface area contributed by atoms with Crippen LogP contribution in [-0.4, -0.2) is 20.0 Å². The predicted octanol–water partition coefficient (Wildman–Crippen LogP) is 1.90. The van der Waals surface area contributed by atoms with Crippen molar-refractivity contribution in [3.05, 3.63) is 11.4 Å². The topological polar surface area (TPSA) is 56.7 Å². The SMILES string of the molecule is CC(C)CCn1nnc(C(N)=S)c1C(F)F. The third-order valence-electron chi connectivity index (χ3n) is 2.13. The number of rotatable bonds is 5. The molecule has 1 aromatic rings. The zero-order chi connectivity index (χ0) is 12.3. The van der Waals surface area contributed by atoms with Gasteiger partial charge in [0, 0.05) is 6.54 Å². The molecule has 0 fully saturated rings. The van der Waals surface area contributed by atoms with Crippen LogP contribution in [0.1, 0.15) is 38.1 Å². The van der Waals surface area contributed by atoms with E-state index in [9.17, 15) is 8.78 Å². The van der Waals surface area contributed by atoms with Crippen LogP contribution in [0.3, 0.4) is 0 Å². The van der Waals surface area contributed by atoms with Crippen molar-refractivity contribution in [1.29, 1.82) is 0 Å². The number of thiocarbonyl (C=S) groups is 1. The molecule has 4 nitrogen and oxygen atoms in total. The van der Waals surface area contributed by atoms with Crippen LogP contribution >= 0.6 is 12.2 Å². The summed E-state index contributed by atoms with van der Waals surface area (Å²) in [4.78, 5) is -0.147. The first-order chi connectivity index (χ1) is 7.43. The standard InChI is InChI=1S/C9H14F2N4S/c1-5(2)3-4-15-7(8(10)11)6(9(12)16)13-14-15/h5,8H,3-4H2,1-2H3,(H2,12,16). The van der Waals surface area contributed by atoms with E-state index in [1.54, 1.807) is 0 Å². The molecule has 2 N–H and O–H groups in total. The molecule has 0 saturated carbocycles. The highest BCUT2D eigenvalue weighted by Gasteiger charge is 2.23. The maximum Gasteiger partial charge on any atom is 0.282 e. The van der Waals surface area contributed by atoms with Crippen molar-refractivity contribution in [2.75, 3.05) is 0 Å². The van der Waals surface area contributed by atoms with E-state index in [0.29, 0.717) is 12.5 Å². The molecular weight excluding hydrogens is 234 g/mol. The number of hydrogen-bond acceptors (Lipinski definition) is 3. The second kappa shape index (κ2) is 5.29. The van der Waals surface area contributed by atoms with E-state index in [1.165, 1.54) is 4.68 Å². The zero-order valence-corrected chi connectivity index (χ0v) is 9.97. The van der Waals surface area contributed by atoms with Gasteiger partial charge in [0.15, 0.2) is 0 Å². The number of nitrogens with zero attached hydrogens (tertiary/aromatic N) is 3. The fraction of sp³-hybridized carbons (Fsp3) is 0.667. The van der Waals surface area contributed by atoms with Gasteiger partial charge >= 0.3 is 0 Å². The van der Waals surface area contributed by atoms with E-state index in [0.717, 1.165) is 6.42 Å². The Morgan fingerprint density at radius 3 is 2.56 bits per heavy atom. The number of hydrogen-bond donors (Lipinski definition) is 1. The predicted molar refractivity (Wildman–Crippen MR) is 60.3 cm³/mol. The summed E-state index contributed by atoms with van der Waals surface area (Å²) < 4.78 is 26.8. The van der Waals surface area contributed by atoms with Gasteiger partial charge in [-0.1, -0.05) is 31.3 Å². The van der Waals surface area contributed by atoms with Gasteiger partial charge in [-0.05, 0) is 12.3 Å². The summed E-state index contributed by atoms with van der Waals surface area (Å²) >= 11 is 4.65. The van der Waals surface area contributed by atoms with E-state index < -0.39 is 6.43 Å². The quantitative estimate of drug-likeness (QED) is 0.808. The maximum absolute atomic E-state index is 12.8. The van der Waals surface area contributed by atoms with Gasteiger partial charge in [0.2, 0.25) is 0 Å². The molecule has 0 aromatic carbocycles. The molecule has 7 heteroatoms. The molecular formula is C9H14F2N4S. The lowest BCUT2D eigenvalue weighted by atomic mass is 10.1. The summed E-state index contributed by atoms with van der Waals surface area (Å²) in [5.74, 6) is 0.406. The molecule has 1 rings (SSSR count). The second-order valence-corrected chi connectivity index (χ2v) is 4.33. The molecule has 0 aliphatic heterocycles. The first kappa shape index (κ1) is 13.0. The Morgan fingerprint density at radius 1 is 1.50 bits per heavy atom. The van der Waals surface area contributed by atoms with Crippen LogP contribution in [0.25, 0.3) is 0 Å². The van der Waals surface area contributed by atoms with E-state index in [4.69, 9.17) is 5.73 Å². The van der Waals surface area contributed by atoms with Crippen LogP contribution in [0.2, 0.25) is 0 Å². The van der Waals surface area contributed by atoms with Gasteiger partial charge in [0.05, 0.1) is 0 Å². The largest absolute Gasteiger partial charge is 0.388 e. The van der Waals surface area contributed by atoms with E-state index in [2.05, 4.69) is 22.5 Å². The Bertz CT molecular complexity index is 376. The molecule has 0 atom stereocenters. The lowest BCUT2D eigenvalue weighted by Gasteiger charge is -2.08. The highest BCUT2D eigenvalue weighted by Crippen LogP contribution is 2.22. The summed E-state index contributed by atoms with van der Waals surface area (Å²) in [6.07, 6.45) is -1.92. The van der Waals surface area contributed by atoms with Crippen molar-refractivity contribution in [1.82, 2.24) is 15.0 Å². The molecule has 0 radical (unpaired) electrons. The number of aromatic nitrogens is 3. The number of nitrogens with two attached hydrogens (primary N) is 1. The maximum atomic E-state index is 12.8. The molecule has 1 heterocycles. The Balaban J connectivity index is 2.96. The third kappa shape index (κ3) is 2.94. The fourth-order valence-corrected chi connectivity index (χ4v) is 1.40. The molecule has 0 unspecified atom stereocenters. The Hall–Kier alpha value is -1.11. The first-order valence-electron chi connectivity index (χ1n) is 4.94. The normalized spacial score (nSPS) is 11.4. The second-order valence-electron chi connectivity index (χ2n) is 3.89. The highest BCUT2D eigenvalue weighted by atomic mass is 32.1. The lowest BCUT2D eigenvalue weighted by Crippen LogP contribution is -2.15. The van der Waals surface area contributed by atoms with Crippen LogP contribution in [0.5, 0.6) is 0 Å². The van der Waals surface area contributed by atoms with Gasteiger partial charge in [0.1, 0.15) is 16.4 Å². The molecule has 0 saturated heterocycles. The fourth-order valence-electron chi connectivity index (χ4n) is 1.26. The summed E-state index contributed by atoms with van der Waals surface area (Å²) in [5, 5.41) is 7.23. The smallest absolute Gasteiger partial charge is 0.282 e. The van der Waals surface area contributed by atoms with Crippen LogP contribution in [-0.2, 0) is 6.54 Å². The minimum atomic E-state index is -2.67. The lowest BCUT2D eigenvalue weighted by molar-refractivity contribution is 0.138. The van der Waals surface area contributed by atoms with E-state index in [-0.39, 0.29) is 16.4 Å². The zero-order valence-electron chi connectivity index (χ0n) is 9.15. The Morgan fingerprint density at radius 2 is 2.12 bits per heavy atom. The van der Waals surface area contributed by atoms with Crippen molar-refractivity contribution < 1.29 is 8.78 Å². The molecule has 90 valence electrons. The van der Waals surface area contributed by atoms with Crippen LogP contribution in [0.4, 0.5) is 8.78 Å². The van der Waals surface area contributed by atoms with Crippen molar-refractivity contribution >= 4 is 17.2 Å². The van der Waals surface area contributed by atoms with Crippen LogP contribution in [0, 0.1) is 5.92 Å². The highest BCUT2D eigenvalue weighted by molar-refractivity contribution is 7.80.